The van der Waals surface area contributed by atoms with Crippen molar-refractivity contribution in [1.29, 1.82) is 0 Å². The number of halogens is 3. The lowest BCUT2D eigenvalue weighted by atomic mass is 9.62. The van der Waals surface area contributed by atoms with E-state index in [1.165, 1.54) is 11.0 Å². The highest BCUT2D eigenvalue weighted by Gasteiger charge is 2.50. The maximum Gasteiger partial charge on any atom is 0.416 e. The van der Waals surface area contributed by atoms with Crippen LogP contribution in [0.15, 0.2) is 42.7 Å². The van der Waals surface area contributed by atoms with Crippen LogP contribution in [0, 0.1) is 5.41 Å². The number of aryl methyl sites for hydroxylation is 1. The molecule has 1 saturated carbocycles. The third-order valence-corrected chi connectivity index (χ3v) is 7.73. The molecule has 1 aromatic heterocycles. The fourth-order valence-corrected chi connectivity index (χ4v) is 5.73. The first kappa shape index (κ1) is 27.3. The van der Waals surface area contributed by atoms with E-state index >= 15 is 0 Å². The first-order valence-corrected chi connectivity index (χ1v) is 13.1. The quantitative estimate of drug-likeness (QED) is 0.444. The van der Waals surface area contributed by atoms with Gasteiger partial charge in [-0.15, -0.1) is 10.2 Å². The topological polar surface area (TPSA) is 72.3 Å². The highest BCUT2D eigenvalue weighted by Crippen LogP contribution is 2.50. The molecule has 0 saturated heterocycles. The highest BCUT2D eigenvalue weighted by molar-refractivity contribution is 6.10. The molecular weight excluding hydrogens is 507 g/mol. The number of anilines is 1. The number of aromatic nitrogens is 3. The van der Waals surface area contributed by atoms with Crippen LogP contribution in [0.1, 0.15) is 72.0 Å². The molecule has 2 aliphatic rings. The molecule has 0 radical (unpaired) electrons. The highest BCUT2D eigenvalue weighted by atomic mass is 19.4. The van der Waals surface area contributed by atoms with Crippen molar-refractivity contribution in [2.45, 2.75) is 64.4 Å². The zero-order chi connectivity index (χ0) is 28.2. The number of carbonyl (C=O) groups is 1. The number of benzene rings is 2. The van der Waals surface area contributed by atoms with Crippen molar-refractivity contribution in [3.05, 3.63) is 76.4 Å². The van der Waals surface area contributed by atoms with Gasteiger partial charge in [-0.25, -0.2) is 0 Å². The number of amides is 1. The van der Waals surface area contributed by atoms with E-state index in [0.29, 0.717) is 30.6 Å². The van der Waals surface area contributed by atoms with Gasteiger partial charge in [0.1, 0.15) is 12.2 Å². The number of rotatable bonds is 7. The number of fused-ring (bicyclic) bond motifs is 1. The molecule has 0 unspecified atom stereocenters. The van der Waals surface area contributed by atoms with Crippen LogP contribution in [0.4, 0.5) is 18.9 Å². The van der Waals surface area contributed by atoms with Crippen LogP contribution in [0.3, 0.4) is 0 Å². The molecular formula is C29H34F3N5O2. The predicted octanol–water partition coefficient (Wildman–Crippen LogP) is 5.22. The van der Waals surface area contributed by atoms with E-state index in [-0.39, 0.29) is 35.7 Å². The third kappa shape index (κ3) is 5.07. The summed E-state index contributed by atoms with van der Waals surface area (Å²) in [7, 11) is 3.56. The summed E-state index contributed by atoms with van der Waals surface area (Å²) in [6, 6.07) is 10.2. The summed E-state index contributed by atoms with van der Waals surface area (Å²) in [6.07, 6.45) is -1.48. The lowest BCUT2D eigenvalue weighted by molar-refractivity contribution is -0.138. The van der Waals surface area contributed by atoms with Crippen molar-refractivity contribution in [2.24, 2.45) is 12.5 Å². The summed E-state index contributed by atoms with van der Waals surface area (Å²) in [5, 5.41) is 11.6. The fraction of sp³-hybridized carbons (Fsp3) is 0.483. The van der Waals surface area contributed by atoms with Gasteiger partial charge in [-0.2, -0.15) is 13.2 Å². The molecule has 208 valence electrons. The number of hydrogen-bond acceptors (Lipinski definition) is 5. The molecule has 10 heteroatoms. The third-order valence-electron chi connectivity index (χ3n) is 7.73. The Bertz CT molecular complexity index is 1390. The number of alkyl halides is 3. The van der Waals surface area contributed by atoms with Crippen molar-refractivity contribution < 1.29 is 22.7 Å². The Morgan fingerprint density at radius 2 is 1.90 bits per heavy atom. The van der Waals surface area contributed by atoms with Gasteiger partial charge in [0.25, 0.3) is 5.91 Å². The van der Waals surface area contributed by atoms with Crippen LogP contribution >= 0.6 is 0 Å². The van der Waals surface area contributed by atoms with Gasteiger partial charge in [0, 0.05) is 38.5 Å². The van der Waals surface area contributed by atoms with E-state index in [4.69, 9.17) is 4.74 Å². The second kappa shape index (κ2) is 9.75. The van der Waals surface area contributed by atoms with Gasteiger partial charge in [-0.05, 0) is 59.2 Å². The van der Waals surface area contributed by atoms with Gasteiger partial charge in [0.15, 0.2) is 0 Å². The minimum Gasteiger partial charge on any atom is -0.381 e. The fourth-order valence-electron chi connectivity index (χ4n) is 5.73. The van der Waals surface area contributed by atoms with E-state index < -0.39 is 23.1 Å². The first-order valence-electron chi connectivity index (χ1n) is 13.1. The van der Waals surface area contributed by atoms with Gasteiger partial charge >= 0.3 is 6.18 Å². The van der Waals surface area contributed by atoms with Gasteiger partial charge in [-0.1, -0.05) is 32.9 Å². The minimum absolute atomic E-state index is 0.0172. The Kier molecular flexibility index (Phi) is 6.83. The number of ether oxygens (including phenoxy) is 1. The molecule has 5 rings (SSSR count). The van der Waals surface area contributed by atoms with E-state index in [1.807, 2.05) is 50.6 Å². The molecule has 2 heterocycles. The van der Waals surface area contributed by atoms with E-state index in [2.05, 4.69) is 15.5 Å². The average Bonchev–Trinajstić information content (AvgIpc) is 3.41. The van der Waals surface area contributed by atoms with Crippen LogP contribution in [0.2, 0.25) is 0 Å². The van der Waals surface area contributed by atoms with Crippen molar-refractivity contribution in [1.82, 2.24) is 20.1 Å². The lowest BCUT2D eigenvalue weighted by Gasteiger charge is -2.46. The monoisotopic (exact) mass is 541 g/mol. The van der Waals surface area contributed by atoms with Gasteiger partial charge < -0.3 is 19.5 Å². The van der Waals surface area contributed by atoms with Crippen molar-refractivity contribution >= 4 is 11.6 Å². The predicted molar refractivity (Wildman–Crippen MR) is 141 cm³/mol. The molecule has 1 N–H and O–H groups in total. The number of hydrogen-bond donors (Lipinski definition) is 1. The van der Waals surface area contributed by atoms with Crippen LogP contribution < -0.4 is 10.2 Å². The molecule has 1 aliphatic heterocycles. The van der Waals surface area contributed by atoms with Crippen molar-refractivity contribution in [3.8, 4) is 0 Å². The standard InChI is InChI=1S/C29H34F3N5O2/c1-27(2,3)16-33-14-18-9-22-23(24(10-18)29(30,31)32)15-37(25(22)38)20-8-6-7-19(11-20)28(12-21(13-28)39-5)26-35-34-17-36(26)4/h6-11,17,21,33H,12-16H2,1-5H3. The molecule has 2 aromatic carbocycles. The zero-order valence-corrected chi connectivity index (χ0v) is 22.9. The Labute approximate surface area is 226 Å². The summed E-state index contributed by atoms with van der Waals surface area (Å²) in [5.41, 5.74) is 0.812. The van der Waals surface area contributed by atoms with Crippen LogP contribution in [0.25, 0.3) is 0 Å². The molecule has 39 heavy (non-hydrogen) atoms. The summed E-state index contributed by atoms with van der Waals surface area (Å²) < 4.78 is 49.9. The van der Waals surface area contributed by atoms with E-state index in [1.54, 1.807) is 25.6 Å². The summed E-state index contributed by atoms with van der Waals surface area (Å²) in [5.74, 6) is 0.358. The molecule has 0 bridgehead atoms. The maximum atomic E-state index is 14.2. The number of nitrogens with one attached hydrogen (secondary N) is 1. The minimum atomic E-state index is -4.57. The SMILES string of the molecule is COC1CC(c2cccc(N3Cc4c(cc(CNCC(C)(C)C)cc4C(F)(F)F)C3=O)c2)(c2nncn2C)C1. The average molecular weight is 542 g/mol. The Morgan fingerprint density at radius 1 is 1.15 bits per heavy atom. The normalized spacial score (nSPS) is 21.3. The second-order valence-corrected chi connectivity index (χ2v) is 11.9. The summed E-state index contributed by atoms with van der Waals surface area (Å²) in [6.45, 7) is 6.89. The van der Waals surface area contributed by atoms with Crippen LogP contribution in [-0.2, 0) is 36.5 Å². The van der Waals surface area contributed by atoms with E-state index in [0.717, 1.165) is 11.4 Å². The molecule has 1 amide bonds. The number of nitrogens with zero attached hydrogens (tertiary/aromatic N) is 4. The Balaban J connectivity index is 1.48. The maximum absolute atomic E-state index is 14.2. The molecule has 0 atom stereocenters. The zero-order valence-electron chi connectivity index (χ0n) is 22.9. The van der Waals surface area contributed by atoms with Crippen LogP contribution in [0.5, 0.6) is 0 Å². The largest absolute Gasteiger partial charge is 0.416 e. The van der Waals surface area contributed by atoms with Crippen LogP contribution in [-0.4, -0.2) is 40.4 Å². The summed E-state index contributed by atoms with van der Waals surface area (Å²) in [4.78, 5) is 15.0. The number of carbonyl (C=O) groups excluding carboxylic acids is 1. The van der Waals surface area contributed by atoms with Gasteiger partial charge in [0.2, 0.25) is 0 Å². The van der Waals surface area contributed by atoms with Gasteiger partial charge in [0.05, 0.1) is 23.6 Å². The molecule has 0 spiro atoms. The molecule has 1 fully saturated rings. The molecule has 1 aliphatic carbocycles. The number of methoxy groups -OCH3 is 1. The van der Waals surface area contributed by atoms with Gasteiger partial charge in [-0.3, -0.25) is 4.79 Å². The lowest BCUT2D eigenvalue weighted by Crippen LogP contribution is -2.48. The second-order valence-electron chi connectivity index (χ2n) is 11.9. The molecule has 3 aromatic rings. The summed E-state index contributed by atoms with van der Waals surface area (Å²) >= 11 is 0. The Hall–Kier alpha value is -3.24. The van der Waals surface area contributed by atoms with Crippen molar-refractivity contribution in [2.75, 3.05) is 18.6 Å². The Morgan fingerprint density at radius 3 is 2.51 bits per heavy atom. The first-order chi connectivity index (χ1) is 18.3. The smallest absolute Gasteiger partial charge is 0.381 e. The molecule has 7 nitrogen and oxygen atoms in total. The van der Waals surface area contributed by atoms with E-state index in [9.17, 15) is 18.0 Å². The van der Waals surface area contributed by atoms with Crippen molar-refractivity contribution in [3.63, 3.8) is 0 Å².